The zero-order valence-corrected chi connectivity index (χ0v) is 19.4. The summed E-state index contributed by atoms with van der Waals surface area (Å²) < 4.78 is 7.38. The minimum atomic E-state index is -0.160. The second-order valence-corrected chi connectivity index (χ2v) is 8.04. The highest BCUT2D eigenvalue weighted by molar-refractivity contribution is 6.31. The zero-order chi connectivity index (χ0) is 23.3. The van der Waals surface area contributed by atoms with Crippen molar-refractivity contribution < 1.29 is 14.3 Å². The Balaban J connectivity index is 1.73. The summed E-state index contributed by atoms with van der Waals surface area (Å²) in [5.74, 6) is 0.160. The second kappa shape index (κ2) is 10.3. The molecule has 3 aromatic rings. The van der Waals surface area contributed by atoms with E-state index in [4.69, 9.17) is 16.3 Å². The normalized spacial score (nSPS) is 11.0. The molecule has 0 fully saturated rings. The summed E-state index contributed by atoms with van der Waals surface area (Å²) in [7, 11) is 3.33. The second-order valence-electron chi connectivity index (χ2n) is 7.64. The topological polar surface area (TPSA) is 64.4 Å². The predicted molar refractivity (Wildman–Crippen MR) is 126 cm³/mol. The molecule has 0 spiro atoms. The van der Waals surface area contributed by atoms with Crippen molar-refractivity contribution in [1.29, 1.82) is 0 Å². The van der Waals surface area contributed by atoms with Gasteiger partial charge in [-0.05, 0) is 49.8 Å². The van der Waals surface area contributed by atoms with Gasteiger partial charge >= 0.3 is 0 Å². The van der Waals surface area contributed by atoms with E-state index in [1.807, 2.05) is 42.8 Å². The van der Waals surface area contributed by atoms with Crippen molar-refractivity contribution in [2.75, 3.05) is 20.7 Å². The predicted octanol–water partition coefficient (Wildman–Crippen LogP) is 4.56. The van der Waals surface area contributed by atoms with Gasteiger partial charge in [0.05, 0.1) is 12.2 Å². The zero-order valence-electron chi connectivity index (χ0n) is 18.6. The Morgan fingerprint density at radius 3 is 2.59 bits per heavy atom. The summed E-state index contributed by atoms with van der Waals surface area (Å²) in [6.07, 6.45) is 3.31. The third-order valence-electron chi connectivity index (χ3n) is 5.10. The van der Waals surface area contributed by atoms with Crippen molar-refractivity contribution in [1.82, 2.24) is 14.7 Å². The van der Waals surface area contributed by atoms with E-state index in [1.165, 1.54) is 11.0 Å². The molecule has 7 heteroatoms. The number of likely N-dealkylation sites (N-methyl/N-ethyl adjacent to an activating group) is 1. The van der Waals surface area contributed by atoms with Gasteiger partial charge in [0, 0.05) is 35.9 Å². The molecule has 0 aliphatic heterocycles. The molecule has 1 aromatic heterocycles. The number of ether oxygens (including phenoxy) is 1. The molecule has 0 saturated carbocycles. The SMILES string of the molecule is Cc1nn(Cc2ccccc2Cl)c(C)c1/C=C/C(=O)c1cccc(OCC(=O)N(C)C)c1. The van der Waals surface area contributed by atoms with Crippen LogP contribution < -0.4 is 4.74 Å². The standard InChI is InChI=1S/C25H26ClN3O3/c1-17-22(18(2)29(27-17)15-20-8-5-6-11-23(20)26)12-13-24(30)19-9-7-10-21(14-19)32-16-25(31)28(3)4/h5-14H,15-16H2,1-4H3/b13-12+. The lowest BCUT2D eigenvalue weighted by atomic mass is 10.1. The van der Waals surface area contributed by atoms with E-state index in [2.05, 4.69) is 5.10 Å². The van der Waals surface area contributed by atoms with Gasteiger partial charge in [-0.25, -0.2) is 0 Å². The van der Waals surface area contributed by atoms with E-state index in [9.17, 15) is 9.59 Å². The summed E-state index contributed by atoms with van der Waals surface area (Å²) in [5, 5.41) is 5.30. The first-order chi connectivity index (χ1) is 15.3. The highest BCUT2D eigenvalue weighted by atomic mass is 35.5. The van der Waals surface area contributed by atoms with E-state index in [0.29, 0.717) is 22.9 Å². The third kappa shape index (κ3) is 5.65. The van der Waals surface area contributed by atoms with E-state index in [-0.39, 0.29) is 18.3 Å². The van der Waals surface area contributed by atoms with E-state index in [1.54, 1.807) is 44.4 Å². The molecule has 1 heterocycles. The third-order valence-corrected chi connectivity index (χ3v) is 5.47. The Morgan fingerprint density at radius 2 is 1.88 bits per heavy atom. The number of carbonyl (C=O) groups excluding carboxylic acids is 2. The molecule has 1 amide bonds. The van der Waals surface area contributed by atoms with Crippen LogP contribution in [0.25, 0.3) is 6.08 Å². The maximum Gasteiger partial charge on any atom is 0.259 e. The Labute approximate surface area is 193 Å². The Morgan fingerprint density at radius 1 is 1.12 bits per heavy atom. The molecule has 3 rings (SSSR count). The molecule has 0 unspecified atom stereocenters. The molecular formula is C25H26ClN3O3. The van der Waals surface area contributed by atoms with Crippen LogP contribution in [-0.2, 0) is 11.3 Å². The molecule has 6 nitrogen and oxygen atoms in total. The molecule has 0 aliphatic rings. The van der Waals surface area contributed by atoms with Gasteiger partial charge in [-0.2, -0.15) is 5.10 Å². The molecule has 0 radical (unpaired) electrons. The van der Waals surface area contributed by atoms with E-state index < -0.39 is 0 Å². The Hall–Kier alpha value is -3.38. The molecule has 32 heavy (non-hydrogen) atoms. The van der Waals surface area contributed by atoms with Crippen molar-refractivity contribution in [3.8, 4) is 5.75 Å². The average Bonchev–Trinajstić information content (AvgIpc) is 3.04. The number of benzene rings is 2. The first kappa shape index (κ1) is 23.3. The van der Waals surface area contributed by atoms with Crippen LogP contribution in [0.1, 0.15) is 32.9 Å². The molecule has 0 aliphatic carbocycles. The Bertz CT molecular complexity index is 1160. The number of rotatable bonds is 8. The van der Waals surface area contributed by atoms with Gasteiger partial charge in [0.25, 0.3) is 5.91 Å². The van der Waals surface area contributed by atoms with Crippen LogP contribution in [0.15, 0.2) is 54.6 Å². The van der Waals surface area contributed by atoms with Crippen LogP contribution in [-0.4, -0.2) is 47.1 Å². The summed E-state index contributed by atoms with van der Waals surface area (Å²) in [5.41, 5.74) is 4.14. The van der Waals surface area contributed by atoms with Crippen molar-refractivity contribution in [3.05, 3.63) is 87.7 Å². The Kier molecular flexibility index (Phi) is 7.49. The van der Waals surface area contributed by atoms with Crippen LogP contribution in [0.2, 0.25) is 5.02 Å². The van der Waals surface area contributed by atoms with Gasteiger partial charge in [-0.1, -0.05) is 41.9 Å². The molecule has 2 aromatic carbocycles. The fraction of sp³-hybridized carbons (Fsp3) is 0.240. The summed E-state index contributed by atoms with van der Waals surface area (Å²) in [6.45, 7) is 4.36. The van der Waals surface area contributed by atoms with Crippen molar-refractivity contribution in [2.24, 2.45) is 0 Å². The lowest BCUT2D eigenvalue weighted by Crippen LogP contribution is -2.27. The molecule has 0 bridgehead atoms. The summed E-state index contributed by atoms with van der Waals surface area (Å²) in [6, 6.07) is 14.5. The maximum absolute atomic E-state index is 12.7. The number of hydrogen-bond donors (Lipinski definition) is 0. The largest absolute Gasteiger partial charge is 0.484 e. The number of aryl methyl sites for hydroxylation is 1. The van der Waals surface area contributed by atoms with E-state index >= 15 is 0 Å². The number of amides is 1. The molecule has 0 saturated heterocycles. The number of carbonyl (C=O) groups is 2. The van der Waals surface area contributed by atoms with Gasteiger partial charge < -0.3 is 9.64 Å². The van der Waals surface area contributed by atoms with Gasteiger partial charge in [0.1, 0.15) is 5.75 Å². The van der Waals surface area contributed by atoms with E-state index in [0.717, 1.165) is 22.5 Å². The number of hydrogen-bond acceptors (Lipinski definition) is 4. The summed E-state index contributed by atoms with van der Waals surface area (Å²) >= 11 is 6.28. The lowest BCUT2D eigenvalue weighted by molar-refractivity contribution is -0.130. The quantitative estimate of drug-likeness (QED) is 0.372. The lowest BCUT2D eigenvalue weighted by Gasteiger charge is -2.11. The highest BCUT2D eigenvalue weighted by Crippen LogP contribution is 2.21. The van der Waals surface area contributed by atoms with Crippen molar-refractivity contribution in [3.63, 3.8) is 0 Å². The van der Waals surface area contributed by atoms with Crippen molar-refractivity contribution in [2.45, 2.75) is 20.4 Å². The maximum atomic E-state index is 12.7. The fourth-order valence-electron chi connectivity index (χ4n) is 3.16. The minimum Gasteiger partial charge on any atom is -0.484 e. The molecule has 0 atom stereocenters. The smallest absolute Gasteiger partial charge is 0.259 e. The van der Waals surface area contributed by atoms with Crippen LogP contribution in [0.3, 0.4) is 0 Å². The van der Waals surface area contributed by atoms with Gasteiger partial charge in [-0.15, -0.1) is 0 Å². The highest BCUT2D eigenvalue weighted by Gasteiger charge is 2.12. The summed E-state index contributed by atoms with van der Waals surface area (Å²) in [4.78, 5) is 25.9. The average molecular weight is 452 g/mol. The number of ketones is 1. The number of allylic oxidation sites excluding steroid dienone is 1. The first-order valence-corrected chi connectivity index (χ1v) is 10.6. The first-order valence-electron chi connectivity index (χ1n) is 10.2. The number of aromatic nitrogens is 2. The van der Waals surface area contributed by atoms with Gasteiger partial charge in [0.15, 0.2) is 12.4 Å². The van der Waals surface area contributed by atoms with Crippen molar-refractivity contribution >= 4 is 29.4 Å². The monoisotopic (exact) mass is 451 g/mol. The van der Waals surface area contributed by atoms with Crippen LogP contribution >= 0.6 is 11.6 Å². The number of nitrogens with zero attached hydrogens (tertiary/aromatic N) is 3. The van der Waals surface area contributed by atoms with Crippen LogP contribution in [0.4, 0.5) is 0 Å². The fourth-order valence-corrected chi connectivity index (χ4v) is 3.36. The van der Waals surface area contributed by atoms with Gasteiger partial charge in [0.2, 0.25) is 0 Å². The molecule has 166 valence electrons. The minimum absolute atomic E-state index is 0.0799. The molecular weight excluding hydrogens is 426 g/mol. The van der Waals surface area contributed by atoms with Crippen LogP contribution in [0.5, 0.6) is 5.75 Å². The van der Waals surface area contributed by atoms with Crippen LogP contribution in [0, 0.1) is 13.8 Å². The van der Waals surface area contributed by atoms with Gasteiger partial charge in [-0.3, -0.25) is 14.3 Å². The molecule has 0 N–H and O–H groups in total. The number of halogens is 1.